The molecule has 0 heterocycles. The Morgan fingerprint density at radius 1 is 1.07 bits per heavy atom. The summed E-state index contributed by atoms with van der Waals surface area (Å²) in [6.45, 7) is 0.797. The second kappa shape index (κ2) is 6.93. The van der Waals surface area contributed by atoms with E-state index in [1.54, 1.807) is 0 Å². The third-order valence-electron chi connectivity index (χ3n) is 7.11. The van der Waals surface area contributed by atoms with Gasteiger partial charge in [-0.25, -0.2) is 4.79 Å². The van der Waals surface area contributed by atoms with E-state index in [4.69, 9.17) is 4.74 Å². The Labute approximate surface area is 165 Å². The fourth-order valence-electron chi connectivity index (χ4n) is 5.75. The molecule has 0 aliphatic heterocycles. The highest BCUT2D eigenvalue weighted by molar-refractivity contribution is 5.79. The van der Waals surface area contributed by atoms with Gasteiger partial charge in [0.25, 0.3) is 0 Å². The van der Waals surface area contributed by atoms with Crippen molar-refractivity contribution in [2.45, 2.75) is 43.6 Å². The summed E-state index contributed by atoms with van der Waals surface area (Å²) in [5.41, 5.74) is 4.30. The van der Waals surface area contributed by atoms with E-state index in [-0.39, 0.29) is 5.92 Å². The SMILES string of the molecule is O=C(NCCC1(O)CC2CCC1C2)OCC1c2ccccc2-c2ccccc21. The van der Waals surface area contributed by atoms with Crippen molar-refractivity contribution in [3.63, 3.8) is 0 Å². The van der Waals surface area contributed by atoms with Crippen LogP contribution in [0.5, 0.6) is 0 Å². The Morgan fingerprint density at radius 3 is 2.36 bits per heavy atom. The first-order chi connectivity index (χ1) is 13.6. The standard InChI is InChI=1S/C24H27NO3/c26-23(25-12-11-24(27)14-16-9-10-17(24)13-16)28-15-22-20-7-3-1-5-18(20)19-6-2-4-8-21(19)22/h1-8,16-17,22,27H,9-15H2,(H,25,26). The van der Waals surface area contributed by atoms with Gasteiger partial charge >= 0.3 is 6.09 Å². The third kappa shape index (κ3) is 3.00. The van der Waals surface area contributed by atoms with Crippen molar-refractivity contribution >= 4 is 6.09 Å². The maximum Gasteiger partial charge on any atom is 0.407 e. The Balaban J connectivity index is 1.17. The van der Waals surface area contributed by atoms with Gasteiger partial charge < -0.3 is 15.2 Å². The largest absolute Gasteiger partial charge is 0.449 e. The molecule has 28 heavy (non-hydrogen) atoms. The minimum absolute atomic E-state index is 0.0768. The summed E-state index contributed by atoms with van der Waals surface area (Å²) in [5, 5.41) is 13.7. The first-order valence-electron chi connectivity index (χ1n) is 10.5. The van der Waals surface area contributed by atoms with E-state index < -0.39 is 11.7 Å². The monoisotopic (exact) mass is 377 g/mol. The molecule has 2 saturated carbocycles. The lowest BCUT2D eigenvalue weighted by Crippen LogP contribution is -2.39. The first kappa shape index (κ1) is 17.7. The zero-order chi connectivity index (χ0) is 19.1. The molecule has 0 saturated heterocycles. The number of rotatable bonds is 5. The van der Waals surface area contributed by atoms with Crippen LogP contribution >= 0.6 is 0 Å². The molecule has 4 heteroatoms. The van der Waals surface area contributed by atoms with Gasteiger partial charge in [-0.05, 0) is 66.2 Å². The van der Waals surface area contributed by atoms with Crippen molar-refractivity contribution in [3.8, 4) is 11.1 Å². The smallest absolute Gasteiger partial charge is 0.407 e. The zero-order valence-electron chi connectivity index (χ0n) is 16.1. The van der Waals surface area contributed by atoms with Gasteiger partial charge in [0, 0.05) is 12.5 Å². The Bertz CT molecular complexity index is 849. The topological polar surface area (TPSA) is 58.6 Å². The van der Waals surface area contributed by atoms with E-state index in [0.717, 1.165) is 19.3 Å². The molecule has 2 aromatic carbocycles. The van der Waals surface area contributed by atoms with E-state index in [1.807, 2.05) is 24.3 Å². The summed E-state index contributed by atoms with van der Waals surface area (Å²) in [7, 11) is 0. The van der Waals surface area contributed by atoms with Crippen LogP contribution in [0.1, 0.15) is 49.1 Å². The molecule has 1 amide bonds. The molecule has 2 bridgehead atoms. The van der Waals surface area contributed by atoms with Gasteiger partial charge in [-0.2, -0.15) is 0 Å². The Kier molecular flexibility index (Phi) is 4.39. The number of amides is 1. The summed E-state index contributed by atoms with van der Waals surface area (Å²) in [4.78, 5) is 12.2. The molecule has 2 fully saturated rings. The number of hydrogen-bond donors (Lipinski definition) is 2. The molecule has 2 aromatic rings. The third-order valence-corrected chi connectivity index (χ3v) is 7.11. The van der Waals surface area contributed by atoms with Crippen LogP contribution in [0.3, 0.4) is 0 Å². The fraction of sp³-hybridized carbons (Fsp3) is 0.458. The highest BCUT2D eigenvalue weighted by atomic mass is 16.5. The quantitative estimate of drug-likeness (QED) is 0.808. The lowest BCUT2D eigenvalue weighted by atomic mass is 9.82. The molecule has 2 N–H and O–H groups in total. The molecule has 146 valence electrons. The van der Waals surface area contributed by atoms with E-state index in [0.29, 0.717) is 31.4 Å². The average Bonchev–Trinajstić information content (AvgIpc) is 3.38. The number of fused-ring (bicyclic) bond motifs is 5. The van der Waals surface area contributed by atoms with Gasteiger partial charge in [-0.3, -0.25) is 0 Å². The molecule has 5 rings (SSSR count). The molecule has 4 nitrogen and oxygen atoms in total. The number of carbonyl (C=O) groups is 1. The van der Waals surface area contributed by atoms with E-state index in [2.05, 4.69) is 29.6 Å². The first-order valence-corrected chi connectivity index (χ1v) is 10.5. The molecule has 3 aliphatic rings. The van der Waals surface area contributed by atoms with Crippen molar-refractivity contribution < 1.29 is 14.6 Å². The number of aliphatic hydroxyl groups is 1. The minimum atomic E-state index is -0.584. The Hall–Kier alpha value is -2.33. The molecule has 0 aromatic heterocycles. The van der Waals surface area contributed by atoms with Gasteiger partial charge in [0.2, 0.25) is 0 Å². The molecule has 0 spiro atoms. The molecule has 3 unspecified atom stereocenters. The number of benzene rings is 2. The number of nitrogens with one attached hydrogen (secondary N) is 1. The van der Waals surface area contributed by atoms with Crippen molar-refractivity contribution in [1.29, 1.82) is 0 Å². The molecular formula is C24H27NO3. The average molecular weight is 377 g/mol. The maximum atomic E-state index is 12.2. The predicted molar refractivity (Wildman–Crippen MR) is 108 cm³/mol. The lowest BCUT2D eigenvalue weighted by Gasteiger charge is -2.32. The van der Waals surface area contributed by atoms with Gasteiger partial charge in [0.15, 0.2) is 0 Å². The summed E-state index contributed by atoms with van der Waals surface area (Å²) in [5.74, 6) is 1.18. The number of hydrogen-bond acceptors (Lipinski definition) is 3. The second-order valence-corrected chi connectivity index (χ2v) is 8.69. The summed E-state index contributed by atoms with van der Waals surface area (Å²) in [6, 6.07) is 16.7. The lowest BCUT2D eigenvalue weighted by molar-refractivity contribution is -0.0198. The Morgan fingerprint density at radius 2 is 1.75 bits per heavy atom. The fourth-order valence-corrected chi connectivity index (χ4v) is 5.75. The van der Waals surface area contributed by atoms with Crippen molar-refractivity contribution in [2.24, 2.45) is 11.8 Å². The predicted octanol–water partition coefficient (Wildman–Crippen LogP) is 4.47. The number of carbonyl (C=O) groups excluding carboxylic acids is 1. The van der Waals surface area contributed by atoms with E-state index >= 15 is 0 Å². The van der Waals surface area contributed by atoms with Crippen LogP contribution in [0.2, 0.25) is 0 Å². The molecule has 3 aliphatic carbocycles. The van der Waals surface area contributed by atoms with Crippen LogP contribution in [0.15, 0.2) is 48.5 Å². The van der Waals surface area contributed by atoms with Crippen LogP contribution in [0.4, 0.5) is 4.79 Å². The van der Waals surface area contributed by atoms with E-state index in [9.17, 15) is 9.90 Å². The van der Waals surface area contributed by atoms with Crippen molar-refractivity contribution in [1.82, 2.24) is 5.32 Å². The van der Waals surface area contributed by atoms with Crippen LogP contribution in [-0.2, 0) is 4.74 Å². The zero-order valence-corrected chi connectivity index (χ0v) is 16.1. The van der Waals surface area contributed by atoms with Gasteiger partial charge in [0.1, 0.15) is 6.61 Å². The molecule has 0 radical (unpaired) electrons. The summed E-state index contributed by atoms with van der Waals surface area (Å²) < 4.78 is 5.57. The maximum absolute atomic E-state index is 12.2. The van der Waals surface area contributed by atoms with Gasteiger partial charge in [0.05, 0.1) is 5.60 Å². The number of ether oxygens (including phenoxy) is 1. The van der Waals surface area contributed by atoms with Gasteiger partial charge in [-0.15, -0.1) is 0 Å². The highest BCUT2D eigenvalue weighted by Crippen LogP contribution is 2.52. The second-order valence-electron chi connectivity index (χ2n) is 8.69. The minimum Gasteiger partial charge on any atom is -0.449 e. The molecule has 3 atom stereocenters. The van der Waals surface area contributed by atoms with Crippen LogP contribution in [0, 0.1) is 11.8 Å². The van der Waals surface area contributed by atoms with Crippen molar-refractivity contribution in [3.05, 3.63) is 59.7 Å². The van der Waals surface area contributed by atoms with E-state index in [1.165, 1.54) is 28.7 Å². The van der Waals surface area contributed by atoms with Gasteiger partial charge in [-0.1, -0.05) is 48.5 Å². The summed E-state index contributed by atoms with van der Waals surface area (Å²) >= 11 is 0. The highest BCUT2D eigenvalue weighted by Gasteiger charge is 2.49. The summed E-state index contributed by atoms with van der Waals surface area (Å²) in [6.07, 6.45) is 4.66. The molecular weight excluding hydrogens is 350 g/mol. The number of alkyl carbamates (subject to hydrolysis) is 1. The van der Waals surface area contributed by atoms with Crippen LogP contribution in [0.25, 0.3) is 11.1 Å². The normalized spacial score (nSPS) is 27.5. The van der Waals surface area contributed by atoms with Crippen LogP contribution < -0.4 is 5.32 Å². The van der Waals surface area contributed by atoms with Crippen LogP contribution in [-0.4, -0.2) is 30.0 Å². The van der Waals surface area contributed by atoms with Crippen molar-refractivity contribution in [2.75, 3.05) is 13.2 Å².